The van der Waals surface area contributed by atoms with Crippen molar-refractivity contribution in [3.05, 3.63) is 0 Å². The maximum atomic E-state index is 13.3. The predicted octanol–water partition coefficient (Wildman–Crippen LogP) is -0.00620. The molecular formula is C9H16F2N2O2. The number of hydrogen-bond donors (Lipinski definition) is 2. The lowest BCUT2D eigenvalue weighted by atomic mass is 9.93. The summed E-state index contributed by atoms with van der Waals surface area (Å²) in [6.45, 7) is 0.644. The Labute approximate surface area is 87.4 Å². The number of piperidine rings is 1. The van der Waals surface area contributed by atoms with E-state index in [1.54, 1.807) is 0 Å². The number of hydrogen-bond acceptors (Lipinski definition) is 3. The molecule has 1 aliphatic heterocycles. The number of methoxy groups -OCH3 is 1. The summed E-state index contributed by atoms with van der Waals surface area (Å²) in [6.07, 6.45) is 0.172. The Bertz CT molecular complexity index is 224. The van der Waals surface area contributed by atoms with Gasteiger partial charge in [0.2, 0.25) is 5.91 Å². The number of carbonyl (C=O) groups excluding carboxylic acids is 1. The molecule has 88 valence electrons. The van der Waals surface area contributed by atoms with E-state index < -0.39 is 24.3 Å². The third-order valence-corrected chi connectivity index (χ3v) is 2.40. The van der Waals surface area contributed by atoms with Crippen molar-refractivity contribution in [1.82, 2.24) is 10.6 Å². The summed E-state index contributed by atoms with van der Waals surface area (Å²) in [4.78, 5) is 11.4. The molecule has 1 amide bonds. The summed E-state index contributed by atoms with van der Waals surface area (Å²) in [6, 6.07) is 0. The molecule has 1 atom stereocenters. The molecule has 0 aromatic heterocycles. The highest BCUT2D eigenvalue weighted by molar-refractivity contribution is 5.79. The molecule has 1 rings (SSSR count). The van der Waals surface area contributed by atoms with Gasteiger partial charge in [0.25, 0.3) is 5.92 Å². The van der Waals surface area contributed by atoms with Crippen molar-refractivity contribution in [2.24, 2.45) is 5.92 Å². The molecule has 2 N–H and O–H groups in total. The first-order valence-electron chi connectivity index (χ1n) is 4.93. The Morgan fingerprint density at radius 3 is 3.00 bits per heavy atom. The summed E-state index contributed by atoms with van der Waals surface area (Å²) in [7, 11) is 1.49. The zero-order valence-corrected chi connectivity index (χ0v) is 8.69. The zero-order chi connectivity index (χ0) is 11.3. The van der Waals surface area contributed by atoms with Crippen molar-refractivity contribution in [3.8, 4) is 0 Å². The second kappa shape index (κ2) is 5.37. The lowest BCUT2D eigenvalue weighted by Gasteiger charge is -2.30. The van der Waals surface area contributed by atoms with Gasteiger partial charge >= 0.3 is 0 Å². The fourth-order valence-electron chi connectivity index (χ4n) is 1.56. The second-order valence-electron chi connectivity index (χ2n) is 3.56. The van der Waals surface area contributed by atoms with Gasteiger partial charge in [-0.1, -0.05) is 0 Å². The summed E-state index contributed by atoms with van der Waals surface area (Å²) < 4.78 is 31.3. The highest BCUT2D eigenvalue weighted by Crippen LogP contribution is 2.29. The molecule has 0 saturated carbocycles. The number of nitrogens with one attached hydrogen (secondary N) is 2. The van der Waals surface area contributed by atoms with Crippen molar-refractivity contribution < 1.29 is 18.3 Å². The minimum Gasteiger partial charge on any atom is -0.383 e. The van der Waals surface area contributed by atoms with E-state index in [2.05, 4.69) is 10.6 Å². The maximum Gasteiger partial charge on any atom is 0.271 e. The number of alkyl halides is 2. The standard InChI is InChI=1S/C9H16F2N2O2/c1-15-5-4-13-8(14)7-2-3-12-6-9(7,10)11/h7,12H,2-6H2,1H3,(H,13,14). The van der Waals surface area contributed by atoms with Crippen molar-refractivity contribution in [2.45, 2.75) is 12.3 Å². The van der Waals surface area contributed by atoms with E-state index >= 15 is 0 Å². The molecule has 0 bridgehead atoms. The van der Waals surface area contributed by atoms with Crippen LogP contribution in [0.25, 0.3) is 0 Å². The molecule has 1 heterocycles. The first-order chi connectivity index (χ1) is 7.08. The Morgan fingerprint density at radius 2 is 2.40 bits per heavy atom. The van der Waals surface area contributed by atoms with Gasteiger partial charge in [-0.3, -0.25) is 4.79 Å². The number of amides is 1. The van der Waals surface area contributed by atoms with E-state index in [0.29, 0.717) is 13.2 Å². The van der Waals surface area contributed by atoms with Gasteiger partial charge in [0.15, 0.2) is 0 Å². The molecule has 15 heavy (non-hydrogen) atoms. The Kier molecular flexibility index (Phi) is 4.41. The SMILES string of the molecule is COCCNC(=O)C1CCNCC1(F)F. The van der Waals surface area contributed by atoms with Gasteiger partial charge in [0.1, 0.15) is 5.92 Å². The largest absolute Gasteiger partial charge is 0.383 e. The molecule has 0 radical (unpaired) electrons. The third-order valence-electron chi connectivity index (χ3n) is 2.40. The fourth-order valence-corrected chi connectivity index (χ4v) is 1.56. The highest BCUT2D eigenvalue weighted by Gasteiger charge is 2.45. The molecule has 0 spiro atoms. The van der Waals surface area contributed by atoms with E-state index in [1.807, 2.05) is 0 Å². The van der Waals surface area contributed by atoms with E-state index in [0.717, 1.165) is 0 Å². The summed E-state index contributed by atoms with van der Waals surface area (Å²) >= 11 is 0. The van der Waals surface area contributed by atoms with Crippen molar-refractivity contribution in [2.75, 3.05) is 33.4 Å². The molecular weight excluding hydrogens is 206 g/mol. The third kappa shape index (κ3) is 3.39. The minimum absolute atomic E-state index is 0.172. The Hall–Kier alpha value is -0.750. The summed E-state index contributed by atoms with van der Waals surface area (Å²) in [5, 5.41) is 5.01. The van der Waals surface area contributed by atoms with Crippen molar-refractivity contribution >= 4 is 5.91 Å². The van der Waals surface area contributed by atoms with E-state index in [-0.39, 0.29) is 13.0 Å². The molecule has 0 aliphatic carbocycles. The topological polar surface area (TPSA) is 50.4 Å². The Balaban J connectivity index is 2.42. The van der Waals surface area contributed by atoms with Crippen LogP contribution in [0.1, 0.15) is 6.42 Å². The van der Waals surface area contributed by atoms with Gasteiger partial charge < -0.3 is 15.4 Å². The summed E-state index contributed by atoms with van der Waals surface area (Å²) in [5.74, 6) is -4.75. The monoisotopic (exact) mass is 222 g/mol. The van der Waals surface area contributed by atoms with Gasteiger partial charge in [-0.15, -0.1) is 0 Å². The van der Waals surface area contributed by atoms with Crippen LogP contribution in [0.3, 0.4) is 0 Å². The molecule has 1 saturated heterocycles. The van der Waals surface area contributed by atoms with Gasteiger partial charge in [0, 0.05) is 13.7 Å². The van der Waals surface area contributed by atoms with Gasteiger partial charge in [-0.2, -0.15) is 0 Å². The van der Waals surface area contributed by atoms with Crippen LogP contribution >= 0.6 is 0 Å². The van der Waals surface area contributed by atoms with E-state index in [4.69, 9.17) is 4.74 Å². The number of rotatable bonds is 4. The quantitative estimate of drug-likeness (QED) is 0.658. The molecule has 0 aromatic rings. The summed E-state index contributed by atoms with van der Waals surface area (Å²) in [5.41, 5.74) is 0. The molecule has 1 fully saturated rings. The van der Waals surface area contributed by atoms with Crippen LogP contribution in [-0.4, -0.2) is 45.2 Å². The van der Waals surface area contributed by atoms with Gasteiger partial charge in [0.05, 0.1) is 13.2 Å². The normalized spacial score (nSPS) is 24.9. The smallest absolute Gasteiger partial charge is 0.271 e. The van der Waals surface area contributed by atoms with Crippen LogP contribution in [-0.2, 0) is 9.53 Å². The first kappa shape index (κ1) is 12.3. The van der Waals surface area contributed by atoms with Crippen molar-refractivity contribution in [1.29, 1.82) is 0 Å². The molecule has 1 unspecified atom stereocenters. The average Bonchev–Trinajstić information content (AvgIpc) is 2.17. The van der Waals surface area contributed by atoms with E-state index in [1.165, 1.54) is 7.11 Å². The maximum absolute atomic E-state index is 13.3. The molecule has 0 aromatic carbocycles. The highest BCUT2D eigenvalue weighted by atomic mass is 19.3. The van der Waals surface area contributed by atoms with Crippen LogP contribution in [0.2, 0.25) is 0 Å². The van der Waals surface area contributed by atoms with Crippen LogP contribution in [0.15, 0.2) is 0 Å². The average molecular weight is 222 g/mol. The number of carbonyl (C=O) groups is 1. The van der Waals surface area contributed by atoms with Crippen molar-refractivity contribution in [3.63, 3.8) is 0 Å². The minimum atomic E-state index is -2.95. The van der Waals surface area contributed by atoms with Gasteiger partial charge in [-0.05, 0) is 13.0 Å². The molecule has 4 nitrogen and oxygen atoms in total. The first-order valence-corrected chi connectivity index (χ1v) is 4.93. The Morgan fingerprint density at radius 1 is 1.67 bits per heavy atom. The zero-order valence-electron chi connectivity index (χ0n) is 8.69. The van der Waals surface area contributed by atoms with E-state index in [9.17, 15) is 13.6 Å². The fraction of sp³-hybridized carbons (Fsp3) is 0.889. The molecule has 1 aliphatic rings. The second-order valence-corrected chi connectivity index (χ2v) is 3.56. The van der Waals surface area contributed by atoms with Crippen LogP contribution in [0, 0.1) is 5.92 Å². The van der Waals surface area contributed by atoms with Crippen LogP contribution in [0.5, 0.6) is 0 Å². The lowest BCUT2D eigenvalue weighted by molar-refractivity contribution is -0.142. The molecule has 6 heteroatoms. The predicted molar refractivity (Wildman–Crippen MR) is 50.8 cm³/mol. The number of halogens is 2. The van der Waals surface area contributed by atoms with Crippen LogP contribution in [0.4, 0.5) is 8.78 Å². The number of ether oxygens (including phenoxy) is 1. The lowest BCUT2D eigenvalue weighted by Crippen LogP contribution is -2.52. The van der Waals surface area contributed by atoms with Gasteiger partial charge in [-0.25, -0.2) is 8.78 Å². The van der Waals surface area contributed by atoms with Crippen LogP contribution < -0.4 is 10.6 Å².